The predicted molar refractivity (Wildman–Crippen MR) is 90.5 cm³/mol. The van der Waals surface area contributed by atoms with E-state index in [1.807, 2.05) is 0 Å². The van der Waals surface area contributed by atoms with Crippen molar-refractivity contribution in [1.82, 2.24) is 10.3 Å². The highest BCUT2D eigenvalue weighted by molar-refractivity contribution is 9.10. The quantitative estimate of drug-likeness (QED) is 0.243. The first-order valence-electron chi connectivity index (χ1n) is 6.52. The summed E-state index contributed by atoms with van der Waals surface area (Å²) in [5, 5.41) is 25.1. The van der Waals surface area contributed by atoms with Gasteiger partial charge in [0.2, 0.25) is 11.7 Å². The number of nitrogens with zero attached hydrogens (tertiary/aromatic N) is 3. The monoisotopic (exact) mass is 420 g/mol. The second-order valence-electron chi connectivity index (χ2n) is 4.80. The molecule has 0 aliphatic carbocycles. The van der Waals surface area contributed by atoms with E-state index in [9.17, 15) is 13.8 Å². The van der Waals surface area contributed by atoms with Crippen LogP contribution < -0.4 is 10.6 Å². The van der Waals surface area contributed by atoms with Gasteiger partial charge < -0.3 is 15.8 Å². The van der Waals surface area contributed by atoms with Crippen LogP contribution in [0, 0.1) is 10.6 Å². The van der Waals surface area contributed by atoms with Crippen LogP contribution in [-0.4, -0.2) is 44.1 Å². The Bertz CT molecular complexity index is 854. The van der Waals surface area contributed by atoms with Crippen LogP contribution in [0.25, 0.3) is 0 Å². The third-order valence-electron chi connectivity index (χ3n) is 2.78. The maximum absolute atomic E-state index is 13.1. The van der Waals surface area contributed by atoms with Gasteiger partial charge in [-0.3, -0.25) is 8.99 Å². The van der Waals surface area contributed by atoms with Crippen molar-refractivity contribution in [1.29, 1.82) is 4.78 Å². The Balaban J connectivity index is 2.15. The zero-order valence-electron chi connectivity index (χ0n) is 12.4. The molecular weight excluding hydrogens is 407 g/mol. The smallest absolute Gasteiger partial charge is 0.203 e. The van der Waals surface area contributed by atoms with Gasteiger partial charge >= 0.3 is 0 Å². The SMILES string of the molecule is CS(=N)(=O)CCNc1nonc1/C(=N/O)Nc1ccc(F)cc1Br. The third kappa shape index (κ3) is 4.89. The largest absolute Gasteiger partial charge is 0.409 e. The average molecular weight is 421 g/mol. The summed E-state index contributed by atoms with van der Waals surface area (Å²) in [6, 6.07) is 3.91. The number of anilines is 2. The van der Waals surface area contributed by atoms with E-state index in [0.717, 1.165) is 0 Å². The van der Waals surface area contributed by atoms with Crippen LogP contribution in [0.4, 0.5) is 15.9 Å². The van der Waals surface area contributed by atoms with Gasteiger partial charge in [0, 0.05) is 32.8 Å². The average Bonchev–Trinajstić information content (AvgIpc) is 2.93. The van der Waals surface area contributed by atoms with Crippen LogP contribution in [0.1, 0.15) is 5.69 Å². The molecule has 2 aromatic rings. The first kappa shape index (κ1) is 18.1. The van der Waals surface area contributed by atoms with Gasteiger partial charge in [-0.25, -0.2) is 9.02 Å². The zero-order valence-corrected chi connectivity index (χ0v) is 14.8. The molecule has 0 saturated carbocycles. The van der Waals surface area contributed by atoms with Gasteiger partial charge in [-0.1, -0.05) is 5.16 Å². The predicted octanol–water partition coefficient (Wildman–Crippen LogP) is 2.31. The highest BCUT2D eigenvalue weighted by Crippen LogP contribution is 2.24. The highest BCUT2D eigenvalue weighted by atomic mass is 79.9. The van der Waals surface area contributed by atoms with Crippen molar-refractivity contribution in [3.8, 4) is 0 Å². The second-order valence-corrected chi connectivity index (χ2v) is 8.07. The van der Waals surface area contributed by atoms with E-state index in [1.165, 1.54) is 24.5 Å². The van der Waals surface area contributed by atoms with Crippen molar-refractivity contribution >= 4 is 43.0 Å². The molecular formula is C12H14BrFN6O3S. The minimum Gasteiger partial charge on any atom is -0.409 e. The van der Waals surface area contributed by atoms with E-state index in [0.29, 0.717) is 10.2 Å². The first-order valence-corrected chi connectivity index (χ1v) is 9.45. The molecule has 130 valence electrons. The number of amidine groups is 1. The number of nitrogens with one attached hydrogen (secondary N) is 3. The number of aromatic nitrogens is 2. The van der Waals surface area contributed by atoms with Gasteiger partial charge in [0.15, 0.2) is 5.69 Å². The molecule has 1 atom stereocenters. The Morgan fingerprint density at radius 3 is 2.92 bits per heavy atom. The number of hydrogen-bond acceptors (Lipinski definition) is 8. The lowest BCUT2D eigenvalue weighted by Crippen LogP contribution is -2.19. The van der Waals surface area contributed by atoms with Crippen LogP contribution in [0.15, 0.2) is 32.5 Å². The van der Waals surface area contributed by atoms with Crippen LogP contribution in [0.2, 0.25) is 0 Å². The molecule has 1 aromatic heterocycles. The summed E-state index contributed by atoms with van der Waals surface area (Å²) in [4.78, 5) is 0. The summed E-state index contributed by atoms with van der Waals surface area (Å²) >= 11 is 3.18. The minimum absolute atomic E-state index is 0.0707. The van der Waals surface area contributed by atoms with E-state index in [4.69, 9.17) is 4.78 Å². The zero-order chi connectivity index (χ0) is 17.7. The molecule has 0 fully saturated rings. The van der Waals surface area contributed by atoms with Crippen molar-refractivity contribution in [2.45, 2.75) is 0 Å². The van der Waals surface area contributed by atoms with E-state index >= 15 is 0 Å². The summed E-state index contributed by atoms with van der Waals surface area (Å²) in [6.45, 7) is 0.193. The number of benzene rings is 1. The van der Waals surface area contributed by atoms with Crippen LogP contribution >= 0.6 is 15.9 Å². The standard InChI is InChI=1S/C12H14BrFN6O3S/c1-24(15,22)5-4-16-11-10(19-23-20-11)12(18-21)17-9-3-2-7(14)6-8(9)13/h2-3,6,15,21H,4-5H2,1H3,(H,16,20)(H,17,18). The fraction of sp³-hybridized carbons (Fsp3) is 0.250. The molecule has 0 radical (unpaired) electrons. The highest BCUT2D eigenvalue weighted by Gasteiger charge is 2.18. The van der Waals surface area contributed by atoms with E-state index in [1.54, 1.807) is 0 Å². The summed E-state index contributed by atoms with van der Waals surface area (Å²) in [6.07, 6.45) is 1.32. The molecule has 1 aromatic carbocycles. The van der Waals surface area contributed by atoms with Gasteiger partial charge in [0.05, 0.1) is 5.69 Å². The number of oxime groups is 1. The maximum atomic E-state index is 13.1. The molecule has 4 N–H and O–H groups in total. The van der Waals surface area contributed by atoms with Crippen molar-refractivity contribution < 1.29 is 18.4 Å². The Morgan fingerprint density at radius 1 is 1.54 bits per heavy atom. The van der Waals surface area contributed by atoms with Crippen LogP contribution in [-0.2, 0) is 9.73 Å². The summed E-state index contributed by atoms with van der Waals surface area (Å²) in [7, 11) is -2.65. The number of hydrogen-bond donors (Lipinski definition) is 4. The molecule has 9 nitrogen and oxygen atoms in total. The molecule has 0 spiro atoms. The van der Waals surface area contributed by atoms with Gasteiger partial charge in [-0.2, -0.15) is 0 Å². The van der Waals surface area contributed by atoms with Gasteiger partial charge in [0.25, 0.3) is 0 Å². The fourth-order valence-electron chi connectivity index (χ4n) is 1.67. The lowest BCUT2D eigenvalue weighted by molar-refractivity contribution is 0.305. The first-order chi connectivity index (χ1) is 11.3. The topological polar surface area (TPSA) is 136 Å². The van der Waals surface area contributed by atoms with Crippen molar-refractivity contribution in [2.75, 3.05) is 29.2 Å². The van der Waals surface area contributed by atoms with Crippen LogP contribution in [0.5, 0.6) is 0 Å². The fourth-order valence-corrected chi connectivity index (χ4v) is 2.62. The molecule has 0 saturated heterocycles. The Morgan fingerprint density at radius 2 is 2.29 bits per heavy atom. The van der Waals surface area contributed by atoms with E-state index in [-0.39, 0.29) is 29.6 Å². The normalized spacial score (nSPS) is 14.2. The molecule has 0 amide bonds. The van der Waals surface area contributed by atoms with E-state index < -0.39 is 15.5 Å². The molecule has 24 heavy (non-hydrogen) atoms. The Hall–Kier alpha value is -2.21. The summed E-state index contributed by atoms with van der Waals surface area (Å²) < 4.78 is 36.8. The molecule has 1 heterocycles. The molecule has 0 bridgehead atoms. The van der Waals surface area contributed by atoms with Crippen molar-refractivity contribution in [3.63, 3.8) is 0 Å². The van der Waals surface area contributed by atoms with E-state index in [2.05, 4.69) is 46.7 Å². The Labute approximate surface area is 145 Å². The molecule has 12 heteroatoms. The number of rotatable bonds is 6. The minimum atomic E-state index is -2.65. The van der Waals surface area contributed by atoms with Gasteiger partial charge in [-0.05, 0) is 44.4 Å². The molecule has 0 aliphatic heterocycles. The van der Waals surface area contributed by atoms with Gasteiger partial charge in [0.1, 0.15) is 5.82 Å². The van der Waals surface area contributed by atoms with Crippen molar-refractivity contribution in [3.05, 3.63) is 34.2 Å². The molecule has 0 aliphatic rings. The number of halogens is 2. The summed E-state index contributed by atoms with van der Waals surface area (Å²) in [5.41, 5.74) is 0.502. The molecule has 1 unspecified atom stereocenters. The van der Waals surface area contributed by atoms with Crippen LogP contribution in [0.3, 0.4) is 0 Å². The lowest BCUT2D eigenvalue weighted by Gasteiger charge is -2.09. The summed E-state index contributed by atoms with van der Waals surface area (Å²) in [5.74, 6) is -0.271. The third-order valence-corrected chi connectivity index (χ3v) is 4.42. The van der Waals surface area contributed by atoms with Crippen molar-refractivity contribution in [2.24, 2.45) is 5.16 Å². The lowest BCUT2D eigenvalue weighted by atomic mass is 10.3. The maximum Gasteiger partial charge on any atom is 0.203 e. The molecule has 2 rings (SSSR count). The second kappa shape index (κ2) is 7.57. The Kier molecular flexibility index (Phi) is 5.72. The van der Waals surface area contributed by atoms with Gasteiger partial charge in [-0.15, -0.1) is 0 Å².